The molecule has 0 aliphatic rings. The first-order chi connectivity index (χ1) is 13.5. The summed E-state index contributed by atoms with van der Waals surface area (Å²) >= 11 is 6.02. The molecule has 0 saturated carbocycles. The number of anilines is 1. The third kappa shape index (κ3) is 5.27. The van der Waals surface area contributed by atoms with Crippen molar-refractivity contribution in [2.45, 2.75) is 16.7 Å². The van der Waals surface area contributed by atoms with Crippen molar-refractivity contribution in [3.63, 3.8) is 0 Å². The number of aryl methyl sites for hydroxylation is 1. The summed E-state index contributed by atoms with van der Waals surface area (Å²) < 4.78 is 56.4. The monoisotopic (exact) mass is 452 g/mol. The molecule has 0 aromatic heterocycles. The minimum absolute atomic E-state index is 0.134. The van der Waals surface area contributed by atoms with Crippen LogP contribution in [0.1, 0.15) is 5.56 Å². The Morgan fingerprint density at radius 2 is 1.55 bits per heavy atom. The van der Waals surface area contributed by atoms with Gasteiger partial charge in [-0.25, -0.2) is 22.0 Å². The van der Waals surface area contributed by atoms with Gasteiger partial charge in [0.2, 0.25) is 10.0 Å². The minimum atomic E-state index is -4.04. The summed E-state index contributed by atoms with van der Waals surface area (Å²) in [5.41, 5.74) is 1.11. The molecule has 152 valence electrons. The van der Waals surface area contributed by atoms with Crippen molar-refractivity contribution in [2.75, 3.05) is 4.72 Å². The number of benzene rings is 3. The zero-order valence-electron chi connectivity index (χ0n) is 15.2. The predicted octanol–water partition coefficient (Wildman–Crippen LogP) is 3.89. The first-order valence-corrected chi connectivity index (χ1v) is 11.7. The van der Waals surface area contributed by atoms with Crippen molar-refractivity contribution < 1.29 is 21.6 Å². The molecule has 0 saturated heterocycles. The molecule has 0 heterocycles. The van der Waals surface area contributed by atoms with Crippen molar-refractivity contribution in [3.8, 4) is 11.5 Å². The van der Waals surface area contributed by atoms with E-state index in [1.807, 2.05) is 19.1 Å². The number of hydrogen-bond donors (Lipinski definition) is 2. The van der Waals surface area contributed by atoms with Crippen molar-refractivity contribution in [3.05, 3.63) is 77.3 Å². The Morgan fingerprint density at radius 1 is 0.897 bits per heavy atom. The first-order valence-electron chi connectivity index (χ1n) is 8.24. The Labute approximate surface area is 174 Å². The molecule has 0 unspecified atom stereocenters. The second-order valence-corrected chi connectivity index (χ2v) is 9.86. The number of halogens is 1. The SMILES string of the molecule is Cc1cccc(Oc2ccc(Cl)cc2NS(=O)(=O)c2ccc(S(N)(=O)=O)cc2)c1. The lowest BCUT2D eigenvalue weighted by Gasteiger charge is -2.14. The van der Waals surface area contributed by atoms with Gasteiger partial charge in [-0.3, -0.25) is 4.72 Å². The van der Waals surface area contributed by atoms with Gasteiger partial charge < -0.3 is 4.74 Å². The minimum Gasteiger partial charge on any atom is -0.455 e. The van der Waals surface area contributed by atoms with Crippen LogP contribution in [0.3, 0.4) is 0 Å². The Bertz CT molecular complexity index is 1260. The number of nitrogens with one attached hydrogen (secondary N) is 1. The largest absolute Gasteiger partial charge is 0.455 e. The van der Waals surface area contributed by atoms with Crippen molar-refractivity contribution in [1.82, 2.24) is 0 Å². The molecule has 10 heteroatoms. The smallest absolute Gasteiger partial charge is 0.262 e. The van der Waals surface area contributed by atoms with Crippen LogP contribution >= 0.6 is 11.6 Å². The van der Waals surface area contributed by atoms with Gasteiger partial charge in [-0.15, -0.1) is 0 Å². The highest BCUT2D eigenvalue weighted by Crippen LogP contribution is 2.34. The number of hydrogen-bond acceptors (Lipinski definition) is 5. The van der Waals surface area contributed by atoms with E-state index < -0.39 is 20.0 Å². The molecule has 0 spiro atoms. The lowest BCUT2D eigenvalue weighted by atomic mass is 10.2. The molecule has 0 aliphatic heterocycles. The highest BCUT2D eigenvalue weighted by Gasteiger charge is 2.19. The van der Waals surface area contributed by atoms with Gasteiger partial charge in [0.25, 0.3) is 10.0 Å². The Hall–Kier alpha value is -2.59. The second kappa shape index (κ2) is 8.03. The van der Waals surface area contributed by atoms with Gasteiger partial charge in [-0.1, -0.05) is 23.7 Å². The van der Waals surface area contributed by atoms with Gasteiger partial charge in [0.05, 0.1) is 15.5 Å². The van der Waals surface area contributed by atoms with Crippen LogP contribution in [-0.4, -0.2) is 16.8 Å². The molecule has 0 radical (unpaired) electrons. The summed E-state index contributed by atoms with van der Waals surface area (Å²) in [6.45, 7) is 1.91. The van der Waals surface area contributed by atoms with Crippen LogP contribution in [0, 0.1) is 6.92 Å². The average molecular weight is 453 g/mol. The van der Waals surface area contributed by atoms with E-state index in [9.17, 15) is 16.8 Å². The van der Waals surface area contributed by atoms with Crippen LogP contribution in [0.5, 0.6) is 11.5 Å². The highest BCUT2D eigenvalue weighted by molar-refractivity contribution is 7.92. The maximum absolute atomic E-state index is 12.7. The molecule has 3 N–H and O–H groups in total. The number of primary sulfonamides is 1. The molecule has 7 nitrogen and oxygen atoms in total. The summed E-state index contributed by atoms with van der Waals surface area (Å²) in [4.78, 5) is -0.339. The van der Waals surface area contributed by atoms with Crippen LogP contribution in [0.25, 0.3) is 0 Å². The quantitative estimate of drug-likeness (QED) is 0.588. The maximum atomic E-state index is 12.7. The average Bonchev–Trinajstić information content (AvgIpc) is 2.63. The Morgan fingerprint density at radius 3 is 2.17 bits per heavy atom. The third-order valence-electron chi connectivity index (χ3n) is 3.87. The van der Waals surface area contributed by atoms with Crippen LogP contribution in [-0.2, 0) is 20.0 Å². The molecule has 0 atom stereocenters. The standard InChI is InChI=1S/C19H17ClN2O5S2/c1-13-3-2-4-15(11-13)27-19-10-5-14(20)12-18(19)22-29(25,26)17-8-6-16(7-9-17)28(21,23)24/h2-12,22H,1H3,(H2,21,23,24). The summed E-state index contributed by atoms with van der Waals surface area (Å²) in [6, 6.07) is 16.3. The molecule has 3 rings (SSSR count). The van der Waals surface area contributed by atoms with E-state index in [0.717, 1.165) is 29.8 Å². The van der Waals surface area contributed by atoms with Gasteiger partial charge in [-0.05, 0) is 67.1 Å². The van der Waals surface area contributed by atoms with Gasteiger partial charge >= 0.3 is 0 Å². The number of sulfonamides is 2. The molecule has 29 heavy (non-hydrogen) atoms. The van der Waals surface area contributed by atoms with Crippen molar-refractivity contribution >= 4 is 37.3 Å². The topological polar surface area (TPSA) is 116 Å². The number of rotatable bonds is 6. The van der Waals surface area contributed by atoms with E-state index in [1.165, 1.54) is 6.07 Å². The van der Waals surface area contributed by atoms with E-state index >= 15 is 0 Å². The molecular formula is C19H17ClN2O5S2. The van der Waals surface area contributed by atoms with Crippen molar-refractivity contribution in [1.29, 1.82) is 0 Å². The van der Waals surface area contributed by atoms with Crippen LogP contribution < -0.4 is 14.6 Å². The zero-order chi connectivity index (χ0) is 21.2. The van der Waals surface area contributed by atoms with E-state index in [2.05, 4.69) is 4.72 Å². The van der Waals surface area contributed by atoms with Gasteiger partial charge in [0, 0.05) is 5.02 Å². The Balaban J connectivity index is 1.93. The molecule has 0 amide bonds. The van der Waals surface area contributed by atoms with Gasteiger partial charge in [0.1, 0.15) is 5.75 Å². The summed E-state index contributed by atoms with van der Waals surface area (Å²) in [5.74, 6) is 0.787. The molecule has 0 fully saturated rings. The zero-order valence-corrected chi connectivity index (χ0v) is 17.6. The molecular weight excluding hydrogens is 436 g/mol. The molecule has 0 aliphatic carbocycles. The lowest BCUT2D eigenvalue weighted by molar-refractivity contribution is 0.484. The molecule has 3 aromatic rings. The van der Waals surface area contributed by atoms with E-state index in [0.29, 0.717) is 10.8 Å². The third-order valence-corrected chi connectivity index (χ3v) is 6.41. The van der Waals surface area contributed by atoms with E-state index in [1.54, 1.807) is 24.3 Å². The predicted molar refractivity (Wildman–Crippen MR) is 111 cm³/mol. The fourth-order valence-corrected chi connectivity index (χ4v) is 4.24. The van der Waals surface area contributed by atoms with Crippen LogP contribution in [0.2, 0.25) is 5.02 Å². The fraction of sp³-hybridized carbons (Fsp3) is 0.0526. The Kier molecular flexibility index (Phi) is 5.85. The molecule has 3 aromatic carbocycles. The summed E-state index contributed by atoms with van der Waals surface area (Å²) in [7, 11) is -7.97. The van der Waals surface area contributed by atoms with Gasteiger partial charge in [0.15, 0.2) is 5.75 Å². The van der Waals surface area contributed by atoms with Crippen LogP contribution in [0.4, 0.5) is 5.69 Å². The normalized spacial score (nSPS) is 11.8. The molecule has 0 bridgehead atoms. The highest BCUT2D eigenvalue weighted by atomic mass is 35.5. The van der Waals surface area contributed by atoms with Crippen LogP contribution in [0.15, 0.2) is 76.5 Å². The number of nitrogens with two attached hydrogens (primary N) is 1. The fourth-order valence-electron chi connectivity index (χ4n) is 2.49. The van der Waals surface area contributed by atoms with Gasteiger partial charge in [-0.2, -0.15) is 0 Å². The summed E-state index contributed by atoms with van der Waals surface area (Å²) in [6.07, 6.45) is 0. The summed E-state index contributed by atoms with van der Waals surface area (Å²) in [5, 5.41) is 5.34. The van der Waals surface area contributed by atoms with E-state index in [-0.39, 0.29) is 21.2 Å². The first kappa shape index (κ1) is 21.1. The number of ether oxygens (including phenoxy) is 1. The lowest BCUT2D eigenvalue weighted by Crippen LogP contribution is -2.15. The second-order valence-electron chi connectivity index (χ2n) is 6.18. The van der Waals surface area contributed by atoms with E-state index in [4.69, 9.17) is 21.5 Å². The van der Waals surface area contributed by atoms with Crippen molar-refractivity contribution in [2.24, 2.45) is 5.14 Å². The maximum Gasteiger partial charge on any atom is 0.262 e.